The lowest BCUT2D eigenvalue weighted by atomic mass is 10.1. The summed E-state index contributed by atoms with van der Waals surface area (Å²) in [6.07, 6.45) is 0. The van der Waals surface area contributed by atoms with E-state index >= 15 is 0 Å². The van der Waals surface area contributed by atoms with Crippen LogP contribution in [0.25, 0.3) is 0 Å². The van der Waals surface area contributed by atoms with Crippen molar-refractivity contribution in [2.45, 2.75) is 19.5 Å². The van der Waals surface area contributed by atoms with Crippen molar-refractivity contribution in [1.29, 1.82) is 0 Å². The molecule has 0 bridgehead atoms. The van der Waals surface area contributed by atoms with E-state index in [1.54, 1.807) is 13.0 Å². The number of hydrogen-bond donors (Lipinski definition) is 0. The summed E-state index contributed by atoms with van der Waals surface area (Å²) in [7, 11) is 1.13. The van der Waals surface area contributed by atoms with Gasteiger partial charge in [0.2, 0.25) is 0 Å². The maximum absolute atomic E-state index is 13.7. The highest BCUT2D eigenvalue weighted by atomic mass is 19.1. The van der Waals surface area contributed by atoms with Crippen LogP contribution in [0.3, 0.4) is 0 Å². The summed E-state index contributed by atoms with van der Waals surface area (Å²) in [5.74, 6) is -0.429. The summed E-state index contributed by atoms with van der Waals surface area (Å²) in [5.41, 5.74) is -2.21. The molecule has 0 saturated heterocycles. The van der Waals surface area contributed by atoms with E-state index in [2.05, 4.69) is 4.74 Å². The van der Waals surface area contributed by atoms with E-state index in [0.29, 0.717) is 5.76 Å². The lowest BCUT2D eigenvalue weighted by Gasteiger charge is -2.13. The molecule has 1 rings (SSSR count). The summed E-state index contributed by atoms with van der Waals surface area (Å²) in [6, 6.07) is 3.02. The Bertz CT molecular complexity index is 314. The largest absolute Gasteiger partial charge is 0.466 e. The van der Waals surface area contributed by atoms with Crippen LogP contribution >= 0.6 is 0 Å². The van der Waals surface area contributed by atoms with Gasteiger partial charge in [0.15, 0.2) is 5.76 Å². The molecule has 0 aliphatic carbocycles. The first-order valence-corrected chi connectivity index (χ1v) is 3.82. The van der Waals surface area contributed by atoms with Gasteiger partial charge in [0, 0.05) is 0 Å². The van der Waals surface area contributed by atoms with Gasteiger partial charge < -0.3 is 9.15 Å². The van der Waals surface area contributed by atoms with E-state index in [4.69, 9.17) is 4.42 Å². The molecule has 1 aromatic heterocycles. The van der Waals surface area contributed by atoms with Gasteiger partial charge in [-0.15, -0.1) is 0 Å². The zero-order valence-corrected chi connectivity index (χ0v) is 7.76. The first-order valence-electron chi connectivity index (χ1n) is 3.82. The molecule has 0 N–H and O–H groups in total. The molecule has 1 atom stereocenters. The molecule has 0 radical (unpaired) electrons. The number of hydrogen-bond acceptors (Lipinski definition) is 3. The molecule has 3 nitrogen and oxygen atoms in total. The van der Waals surface area contributed by atoms with Crippen LogP contribution in [0, 0.1) is 6.92 Å². The molecule has 1 aromatic rings. The Morgan fingerprint density at radius 1 is 1.62 bits per heavy atom. The number of carbonyl (C=O) groups excluding carboxylic acids is 1. The predicted molar refractivity (Wildman–Crippen MR) is 43.9 cm³/mol. The molecule has 0 aromatic carbocycles. The number of alkyl halides is 1. The average molecular weight is 186 g/mol. The van der Waals surface area contributed by atoms with Crippen molar-refractivity contribution in [3.8, 4) is 0 Å². The van der Waals surface area contributed by atoms with Gasteiger partial charge in [-0.25, -0.2) is 9.18 Å². The molecule has 0 aliphatic rings. The normalized spacial score (nSPS) is 15.1. The first-order chi connectivity index (χ1) is 5.98. The van der Waals surface area contributed by atoms with Gasteiger partial charge in [0.05, 0.1) is 7.11 Å². The Hall–Kier alpha value is -1.32. The Balaban J connectivity index is 2.99. The fourth-order valence-electron chi connectivity index (χ4n) is 0.979. The third-order valence-corrected chi connectivity index (χ3v) is 1.77. The molecular formula is C9H11FO3. The molecule has 1 unspecified atom stereocenters. The molecule has 0 amide bonds. The highest BCUT2D eigenvalue weighted by Crippen LogP contribution is 2.28. The van der Waals surface area contributed by atoms with Gasteiger partial charge in [-0.1, -0.05) is 0 Å². The van der Waals surface area contributed by atoms with E-state index in [9.17, 15) is 9.18 Å². The Kier molecular flexibility index (Phi) is 2.40. The second-order valence-electron chi connectivity index (χ2n) is 2.90. The Labute approximate surface area is 75.5 Å². The van der Waals surface area contributed by atoms with Gasteiger partial charge in [0.1, 0.15) is 5.76 Å². The molecule has 0 saturated carbocycles. The van der Waals surface area contributed by atoms with Crippen molar-refractivity contribution < 1.29 is 18.3 Å². The summed E-state index contributed by atoms with van der Waals surface area (Å²) >= 11 is 0. The van der Waals surface area contributed by atoms with Crippen molar-refractivity contribution >= 4 is 5.97 Å². The topological polar surface area (TPSA) is 39.4 Å². The lowest BCUT2D eigenvalue weighted by molar-refractivity contribution is -0.155. The number of aryl methyl sites for hydroxylation is 1. The monoisotopic (exact) mass is 186 g/mol. The van der Waals surface area contributed by atoms with Gasteiger partial charge >= 0.3 is 5.97 Å². The quantitative estimate of drug-likeness (QED) is 0.662. The Morgan fingerprint density at radius 3 is 2.62 bits per heavy atom. The van der Waals surface area contributed by atoms with Crippen LogP contribution < -0.4 is 0 Å². The van der Waals surface area contributed by atoms with Crippen LogP contribution in [-0.4, -0.2) is 13.1 Å². The standard InChI is InChI=1S/C9H11FO3/c1-6-4-5-7(13-6)9(2,10)8(11)12-3/h4-5H,1-3H3. The minimum Gasteiger partial charge on any atom is -0.466 e. The molecule has 4 heteroatoms. The number of carbonyl (C=O) groups is 1. The van der Waals surface area contributed by atoms with E-state index in [1.165, 1.54) is 6.07 Å². The summed E-state index contributed by atoms with van der Waals surface area (Å²) < 4.78 is 23.0. The molecule has 0 fully saturated rings. The van der Waals surface area contributed by atoms with Crippen LogP contribution in [-0.2, 0) is 15.2 Å². The van der Waals surface area contributed by atoms with Crippen molar-refractivity contribution in [1.82, 2.24) is 0 Å². The average Bonchev–Trinajstić information content (AvgIpc) is 2.50. The van der Waals surface area contributed by atoms with Crippen LogP contribution in [0.5, 0.6) is 0 Å². The molecule has 1 heterocycles. The number of methoxy groups -OCH3 is 1. The first kappa shape index (κ1) is 9.77. The third kappa shape index (κ3) is 1.71. The van der Waals surface area contributed by atoms with Crippen LogP contribution in [0.4, 0.5) is 4.39 Å². The number of rotatable bonds is 2. The maximum atomic E-state index is 13.7. The van der Waals surface area contributed by atoms with E-state index in [0.717, 1.165) is 14.0 Å². The SMILES string of the molecule is COC(=O)C(C)(F)c1ccc(C)o1. The predicted octanol–water partition coefficient (Wildman–Crippen LogP) is 1.95. The number of esters is 1. The van der Waals surface area contributed by atoms with Crippen molar-refractivity contribution in [3.05, 3.63) is 23.7 Å². The maximum Gasteiger partial charge on any atom is 0.351 e. The second-order valence-corrected chi connectivity index (χ2v) is 2.90. The molecule has 0 spiro atoms. The summed E-state index contributed by atoms with van der Waals surface area (Å²) in [4.78, 5) is 11.0. The summed E-state index contributed by atoms with van der Waals surface area (Å²) in [5, 5.41) is 0. The minimum atomic E-state index is -2.21. The Morgan fingerprint density at radius 2 is 2.23 bits per heavy atom. The zero-order valence-electron chi connectivity index (χ0n) is 7.76. The number of ether oxygens (including phenoxy) is 1. The minimum absolute atomic E-state index is 0.0307. The molecular weight excluding hydrogens is 175 g/mol. The van der Waals surface area contributed by atoms with Crippen LogP contribution in [0.15, 0.2) is 16.5 Å². The highest BCUT2D eigenvalue weighted by molar-refractivity contribution is 5.79. The third-order valence-electron chi connectivity index (χ3n) is 1.77. The zero-order chi connectivity index (χ0) is 10.1. The van der Waals surface area contributed by atoms with Crippen LogP contribution in [0.1, 0.15) is 18.4 Å². The number of halogens is 1. The number of furan rings is 1. The smallest absolute Gasteiger partial charge is 0.351 e. The van der Waals surface area contributed by atoms with E-state index in [-0.39, 0.29) is 5.76 Å². The van der Waals surface area contributed by atoms with Gasteiger partial charge in [0.25, 0.3) is 5.67 Å². The van der Waals surface area contributed by atoms with Crippen molar-refractivity contribution in [2.24, 2.45) is 0 Å². The molecule has 0 aliphatic heterocycles. The molecule has 13 heavy (non-hydrogen) atoms. The van der Waals surface area contributed by atoms with E-state index in [1.807, 2.05) is 0 Å². The fraction of sp³-hybridized carbons (Fsp3) is 0.444. The van der Waals surface area contributed by atoms with Crippen molar-refractivity contribution in [2.75, 3.05) is 7.11 Å². The molecule has 72 valence electrons. The van der Waals surface area contributed by atoms with Crippen molar-refractivity contribution in [3.63, 3.8) is 0 Å². The lowest BCUT2D eigenvalue weighted by Crippen LogP contribution is -2.28. The van der Waals surface area contributed by atoms with Crippen LogP contribution in [0.2, 0.25) is 0 Å². The second kappa shape index (κ2) is 3.20. The highest BCUT2D eigenvalue weighted by Gasteiger charge is 2.39. The summed E-state index contributed by atoms with van der Waals surface area (Å²) in [6.45, 7) is 2.79. The van der Waals surface area contributed by atoms with Gasteiger partial charge in [-0.05, 0) is 26.0 Å². The van der Waals surface area contributed by atoms with E-state index < -0.39 is 11.6 Å². The van der Waals surface area contributed by atoms with Gasteiger partial charge in [-0.3, -0.25) is 0 Å². The van der Waals surface area contributed by atoms with Gasteiger partial charge in [-0.2, -0.15) is 0 Å². The fourth-order valence-corrected chi connectivity index (χ4v) is 0.979.